The summed E-state index contributed by atoms with van der Waals surface area (Å²) in [4.78, 5) is 0. The van der Waals surface area contributed by atoms with Crippen molar-refractivity contribution in [1.82, 2.24) is 0 Å². The number of para-hydroxylation sites is 1. The molecule has 2 aromatic carbocycles. The van der Waals surface area contributed by atoms with Gasteiger partial charge in [0.25, 0.3) is 0 Å². The Kier molecular flexibility index (Phi) is 4.25. The second-order valence-corrected chi connectivity index (χ2v) is 4.95. The van der Waals surface area contributed by atoms with E-state index in [1.165, 1.54) is 12.1 Å². The van der Waals surface area contributed by atoms with Crippen LogP contribution in [0.1, 0.15) is 0 Å². The molecular weight excluding hydrogens is 285 g/mol. The van der Waals surface area contributed by atoms with Crippen LogP contribution in [0, 0.1) is 5.82 Å². The maximum Gasteiger partial charge on any atom is 0.165 e. The van der Waals surface area contributed by atoms with Gasteiger partial charge >= 0.3 is 0 Å². The predicted molar refractivity (Wildman–Crippen MR) is 82.6 cm³/mol. The molecule has 1 heterocycles. The third kappa shape index (κ3) is 3.38. The number of nitrogens with one attached hydrogen (secondary N) is 1. The summed E-state index contributed by atoms with van der Waals surface area (Å²) in [5, 5.41) is 14.0. The maximum atomic E-state index is 13.4. The van der Waals surface area contributed by atoms with Gasteiger partial charge in [0.15, 0.2) is 11.6 Å². The first-order chi connectivity index (χ1) is 10.7. The van der Waals surface area contributed by atoms with Crippen LogP contribution in [-0.2, 0) is 0 Å². The van der Waals surface area contributed by atoms with E-state index < -0.39 is 11.9 Å². The Morgan fingerprint density at radius 2 is 2.05 bits per heavy atom. The molecule has 3 rings (SSSR count). The van der Waals surface area contributed by atoms with Crippen LogP contribution in [0.5, 0.6) is 5.75 Å². The Bertz CT molecular complexity index is 756. The summed E-state index contributed by atoms with van der Waals surface area (Å²) in [5.41, 5.74) is 1.62. The van der Waals surface area contributed by atoms with Gasteiger partial charge in [-0.1, -0.05) is 12.1 Å². The Morgan fingerprint density at radius 3 is 2.91 bits per heavy atom. The molecule has 2 N–H and O–H groups in total. The van der Waals surface area contributed by atoms with Crippen molar-refractivity contribution in [2.45, 2.75) is 6.10 Å². The summed E-state index contributed by atoms with van der Waals surface area (Å²) in [6.07, 6.45) is 0.873. The van der Waals surface area contributed by atoms with Crippen LogP contribution in [0.25, 0.3) is 11.0 Å². The average Bonchev–Trinajstić information content (AvgIpc) is 2.99. The molecule has 0 amide bonds. The molecule has 0 saturated carbocycles. The topological polar surface area (TPSA) is 54.6 Å². The monoisotopic (exact) mass is 301 g/mol. The van der Waals surface area contributed by atoms with Crippen molar-refractivity contribution in [1.29, 1.82) is 0 Å². The van der Waals surface area contributed by atoms with Crippen LogP contribution in [0.2, 0.25) is 0 Å². The molecule has 0 fully saturated rings. The zero-order chi connectivity index (χ0) is 15.4. The molecule has 1 aromatic heterocycles. The third-order valence-electron chi connectivity index (χ3n) is 3.27. The third-order valence-corrected chi connectivity index (χ3v) is 3.27. The van der Waals surface area contributed by atoms with E-state index in [9.17, 15) is 9.50 Å². The van der Waals surface area contributed by atoms with Gasteiger partial charge in [-0.15, -0.1) is 0 Å². The Balaban J connectivity index is 1.51. The van der Waals surface area contributed by atoms with Gasteiger partial charge in [-0.3, -0.25) is 0 Å². The van der Waals surface area contributed by atoms with Crippen LogP contribution < -0.4 is 10.1 Å². The molecule has 4 nitrogen and oxygen atoms in total. The number of halogens is 1. The van der Waals surface area contributed by atoms with Gasteiger partial charge in [0.05, 0.1) is 6.26 Å². The number of anilines is 1. The van der Waals surface area contributed by atoms with E-state index in [-0.39, 0.29) is 12.4 Å². The van der Waals surface area contributed by atoms with E-state index in [2.05, 4.69) is 5.32 Å². The predicted octanol–water partition coefficient (Wildman–Crippen LogP) is 3.42. The van der Waals surface area contributed by atoms with Gasteiger partial charge in [-0.25, -0.2) is 4.39 Å². The molecular formula is C17H16FNO3. The summed E-state index contributed by atoms with van der Waals surface area (Å²) in [6, 6.07) is 13.7. The molecule has 1 atom stereocenters. The fourth-order valence-corrected chi connectivity index (χ4v) is 2.11. The van der Waals surface area contributed by atoms with Crippen molar-refractivity contribution >= 4 is 16.7 Å². The lowest BCUT2D eigenvalue weighted by atomic mass is 10.2. The highest BCUT2D eigenvalue weighted by Gasteiger charge is 2.08. The van der Waals surface area contributed by atoms with Crippen LogP contribution in [-0.4, -0.2) is 24.4 Å². The lowest BCUT2D eigenvalue weighted by molar-refractivity contribution is 0.115. The van der Waals surface area contributed by atoms with Crippen molar-refractivity contribution in [3.8, 4) is 5.75 Å². The van der Waals surface area contributed by atoms with Gasteiger partial charge in [0.1, 0.15) is 18.3 Å². The lowest BCUT2D eigenvalue weighted by Gasteiger charge is -2.14. The zero-order valence-electron chi connectivity index (χ0n) is 11.8. The molecule has 22 heavy (non-hydrogen) atoms. The van der Waals surface area contributed by atoms with Crippen LogP contribution in [0.4, 0.5) is 10.1 Å². The first kappa shape index (κ1) is 14.4. The highest BCUT2D eigenvalue weighted by Crippen LogP contribution is 2.20. The number of aliphatic hydroxyl groups is 1. The number of benzene rings is 2. The zero-order valence-corrected chi connectivity index (χ0v) is 11.8. The number of rotatable bonds is 6. The number of furan rings is 1. The minimum atomic E-state index is -0.757. The minimum absolute atomic E-state index is 0.0108. The summed E-state index contributed by atoms with van der Waals surface area (Å²) in [5.74, 6) is -0.301. The molecule has 0 bridgehead atoms. The van der Waals surface area contributed by atoms with Gasteiger partial charge in [0, 0.05) is 23.7 Å². The second-order valence-electron chi connectivity index (χ2n) is 4.95. The van der Waals surface area contributed by atoms with Crippen LogP contribution in [0.3, 0.4) is 0 Å². The van der Waals surface area contributed by atoms with Crippen molar-refractivity contribution in [2.24, 2.45) is 0 Å². The van der Waals surface area contributed by atoms with E-state index in [4.69, 9.17) is 9.15 Å². The van der Waals surface area contributed by atoms with Crippen LogP contribution >= 0.6 is 0 Å². The molecule has 114 valence electrons. The van der Waals surface area contributed by atoms with Crippen LogP contribution in [0.15, 0.2) is 59.2 Å². The first-order valence-corrected chi connectivity index (χ1v) is 6.99. The minimum Gasteiger partial charge on any atom is -0.488 e. The largest absolute Gasteiger partial charge is 0.488 e. The molecule has 0 aliphatic carbocycles. The molecule has 0 saturated heterocycles. The van der Waals surface area contributed by atoms with E-state index in [1.807, 2.05) is 24.3 Å². The summed E-state index contributed by atoms with van der Waals surface area (Å²) < 4.78 is 24.0. The van der Waals surface area contributed by atoms with Gasteiger partial charge in [-0.05, 0) is 30.3 Å². The lowest BCUT2D eigenvalue weighted by Crippen LogP contribution is -2.26. The number of hydrogen-bond donors (Lipinski definition) is 2. The molecule has 5 heteroatoms. The number of aliphatic hydroxyl groups excluding tert-OH is 1. The standard InChI is InChI=1S/C17H16FNO3/c18-15-3-1-2-4-16(15)22-11-14(20)10-19-13-6-5-12-7-8-21-17(12)9-13/h1-9,14,19-20H,10-11H2. The number of ether oxygens (including phenoxy) is 1. The molecule has 0 radical (unpaired) electrons. The van der Waals surface area contributed by atoms with Crippen molar-refractivity contribution in [2.75, 3.05) is 18.5 Å². The molecule has 0 spiro atoms. The van der Waals surface area contributed by atoms with E-state index >= 15 is 0 Å². The highest BCUT2D eigenvalue weighted by molar-refractivity contribution is 5.80. The molecule has 1 unspecified atom stereocenters. The second kappa shape index (κ2) is 6.49. The SMILES string of the molecule is OC(CNc1ccc2ccoc2c1)COc1ccccc1F. The Labute approximate surface area is 127 Å². The fraction of sp³-hybridized carbons (Fsp3) is 0.176. The van der Waals surface area contributed by atoms with Crippen molar-refractivity contribution < 1.29 is 18.7 Å². The number of fused-ring (bicyclic) bond motifs is 1. The van der Waals surface area contributed by atoms with E-state index in [0.717, 1.165) is 16.7 Å². The smallest absolute Gasteiger partial charge is 0.165 e. The van der Waals surface area contributed by atoms with Crippen molar-refractivity contribution in [3.05, 3.63) is 60.6 Å². The maximum absolute atomic E-state index is 13.4. The van der Waals surface area contributed by atoms with Crippen molar-refractivity contribution in [3.63, 3.8) is 0 Å². The summed E-state index contributed by atoms with van der Waals surface area (Å²) in [7, 11) is 0. The summed E-state index contributed by atoms with van der Waals surface area (Å²) in [6.45, 7) is 0.303. The van der Waals surface area contributed by atoms with E-state index in [1.54, 1.807) is 18.4 Å². The first-order valence-electron chi connectivity index (χ1n) is 6.99. The van der Waals surface area contributed by atoms with Gasteiger partial charge < -0.3 is 19.6 Å². The Hall–Kier alpha value is -2.53. The molecule has 0 aliphatic heterocycles. The summed E-state index contributed by atoms with van der Waals surface area (Å²) >= 11 is 0. The molecule has 3 aromatic rings. The Morgan fingerprint density at radius 1 is 1.18 bits per heavy atom. The fourth-order valence-electron chi connectivity index (χ4n) is 2.11. The quantitative estimate of drug-likeness (QED) is 0.732. The highest BCUT2D eigenvalue weighted by atomic mass is 19.1. The van der Waals surface area contributed by atoms with E-state index in [0.29, 0.717) is 6.54 Å². The number of hydrogen-bond acceptors (Lipinski definition) is 4. The van der Waals surface area contributed by atoms with Gasteiger partial charge in [0.2, 0.25) is 0 Å². The van der Waals surface area contributed by atoms with Gasteiger partial charge in [-0.2, -0.15) is 0 Å². The normalized spacial score (nSPS) is 12.3. The average molecular weight is 301 g/mol. The molecule has 0 aliphatic rings.